The van der Waals surface area contributed by atoms with Gasteiger partial charge in [-0.15, -0.1) is 0 Å². The summed E-state index contributed by atoms with van der Waals surface area (Å²) in [6, 6.07) is 2.98. The smallest absolute Gasteiger partial charge is 0.126 e. The first-order chi connectivity index (χ1) is 6.90. The van der Waals surface area contributed by atoms with Crippen LogP contribution in [0.4, 0.5) is 8.78 Å². The number of halogens is 2. The highest BCUT2D eigenvalue weighted by Crippen LogP contribution is 2.29. The van der Waals surface area contributed by atoms with Crippen LogP contribution < -0.4 is 5.73 Å². The lowest BCUT2D eigenvalue weighted by molar-refractivity contribution is -0.00167. The van der Waals surface area contributed by atoms with Crippen molar-refractivity contribution in [1.29, 1.82) is 0 Å². The Labute approximate surface area is 87.7 Å². The summed E-state index contributed by atoms with van der Waals surface area (Å²) in [7, 11) is 0. The first-order valence-corrected chi connectivity index (χ1v) is 4.79. The second kappa shape index (κ2) is 4.24. The van der Waals surface area contributed by atoms with Crippen molar-refractivity contribution in [3.05, 3.63) is 35.4 Å². The number of hydrogen-bond acceptors (Lipinski definition) is 2. The monoisotopic (exact) mass is 215 g/mol. The van der Waals surface area contributed by atoms with Crippen LogP contribution in [0, 0.1) is 17.6 Å². The molecule has 2 nitrogen and oxygen atoms in total. The van der Waals surface area contributed by atoms with Gasteiger partial charge in [0.15, 0.2) is 0 Å². The van der Waals surface area contributed by atoms with E-state index in [1.54, 1.807) is 13.8 Å². The molecule has 0 heterocycles. The van der Waals surface area contributed by atoms with E-state index in [-0.39, 0.29) is 18.0 Å². The third kappa shape index (κ3) is 2.33. The minimum atomic E-state index is -1.39. The lowest BCUT2D eigenvalue weighted by Crippen LogP contribution is -2.40. The zero-order valence-corrected chi connectivity index (χ0v) is 8.80. The number of rotatable bonds is 3. The molecule has 0 aliphatic heterocycles. The first kappa shape index (κ1) is 12.1. The summed E-state index contributed by atoms with van der Waals surface area (Å²) in [4.78, 5) is 0. The van der Waals surface area contributed by atoms with E-state index in [9.17, 15) is 13.9 Å². The molecule has 84 valence electrons. The zero-order valence-electron chi connectivity index (χ0n) is 8.80. The molecular weight excluding hydrogens is 200 g/mol. The molecule has 1 rings (SSSR count). The molecule has 4 heteroatoms. The van der Waals surface area contributed by atoms with E-state index in [1.807, 2.05) is 0 Å². The molecule has 0 aliphatic carbocycles. The number of nitrogens with two attached hydrogens (primary N) is 1. The second-order valence-corrected chi connectivity index (χ2v) is 3.94. The van der Waals surface area contributed by atoms with E-state index >= 15 is 0 Å². The van der Waals surface area contributed by atoms with E-state index in [0.717, 1.165) is 18.2 Å². The number of hydrogen-bond donors (Lipinski definition) is 2. The van der Waals surface area contributed by atoms with Crippen LogP contribution in [0.1, 0.15) is 19.4 Å². The van der Waals surface area contributed by atoms with Crippen molar-refractivity contribution in [3.8, 4) is 0 Å². The van der Waals surface area contributed by atoms with Gasteiger partial charge in [0.25, 0.3) is 0 Å². The van der Waals surface area contributed by atoms with Crippen LogP contribution >= 0.6 is 0 Å². The fourth-order valence-electron chi connectivity index (χ4n) is 1.49. The molecule has 0 aliphatic rings. The van der Waals surface area contributed by atoms with Gasteiger partial charge in [0, 0.05) is 12.6 Å². The van der Waals surface area contributed by atoms with Gasteiger partial charge >= 0.3 is 0 Å². The summed E-state index contributed by atoms with van der Waals surface area (Å²) >= 11 is 0. The van der Waals surface area contributed by atoms with Crippen molar-refractivity contribution in [2.45, 2.75) is 19.4 Å². The summed E-state index contributed by atoms with van der Waals surface area (Å²) in [5.74, 6) is -1.64. The fraction of sp³-hybridized carbons (Fsp3) is 0.455. The molecule has 0 saturated heterocycles. The molecule has 0 amide bonds. The molecule has 1 atom stereocenters. The zero-order chi connectivity index (χ0) is 11.6. The summed E-state index contributed by atoms with van der Waals surface area (Å²) in [5.41, 5.74) is 4.24. The number of aliphatic hydroxyl groups is 1. The molecule has 3 N–H and O–H groups in total. The van der Waals surface area contributed by atoms with Gasteiger partial charge in [-0.2, -0.15) is 0 Å². The molecule has 0 aromatic heterocycles. The Morgan fingerprint density at radius 3 is 2.07 bits per heavy atom. The Kier molecular flexibility index (Phi) is 3.42. The maximum atomic E-state index is 13.0. The fourth-order valence-corrected chi connectivity index (χ4v) is 1.49. The Morgan fingerprint density at radius 1 is 1.27 bits per heavy atom. The van der Waals surface area contributed by atoms with Crippen LogP contribution in [-0.2, 0) is 5.60 Å². The molecule has 0 bridgehead atoms. The molecule has 1 unspecified atom stereocenters. The molecule has 1 aromatic rings. The lowest BCUT2D eigenvalue weighted by atomic mass is 9.83. The number of benzene rings is 1. The predicted octanol–water partition coefficient (Wildman–Crippen LogP) is 1.77. The third-order valence-corrected chi connectivity index (χ3v) is 2.63. The van der Waals surface area contributed by atoms with E-state index in [4.69, 9.17) is 5.73 Å². The predicted molar refractivity (Wildman–Crippen MR) is 54.1 cm³/mol. The van der Waals surface area contributed by atoms with Crippen molar-refractivity contribution >= 4 is 0 Å². The van der Waals surface area contributed by atoms with Crippen molar-refractivity contribution in [3.63, 3.8) is 0 Å². The molecule has 0 radical (unpaired) electrons. The first-order valence-electron chi connectivity index (χ1n) is 4.79. The Hall–Kier alpha value is -1.00. The minimum Gasteiger partial charge on any atom is -0.384 e. The van der Waals surface area contributed by atoms with Gasteiger partial charge in [-0.1, -0.05) is 13.8 Å². The molecular formula is C11H15F2NO. The molecule has 0 fully saturated rings. The summed E-state index contributed by atoms with van der Waals surface area (Å²) < 4.78 is 25.9. The van der Waals surface area contributed by atoms with Gasteiger partial charge in [0.2, 0.25) is 0 Å². The maximum Gasteiger partial charge on any atom is 0.126 e. The Balaban J connectivity index is 3.23. The van der Waals surface area contributed by atoms with Crippen LogP contribution in [-0.4, -0.2) is 11.7 Å². The van der Waals surface area contributed by atoms with E-state index in [0.29, 0.717) is 0 Å². The quantitative estimate of drug-likeness (QED) is 0.807. The summed E-state index contributed by atoms with van der Waals surface area (Å²) in [6.45, 7) is 3.42. The molecule has 0 spiro atoms. The SMILES string of the molecule is CC(C)C(O)(CN)c1cc(F)cc(F)c1. The highest BCUT2D eigenvalue weighted by molar-refractivity contribution is 5.25. The minimum absolute atomic E-state index is 0.0758. The van der Waals surface area contributed by atoms with Crippen LogP contribution in [0.15, 0.2) is 18.2 Å². The average Bonchev–Trinajstić information content (AvgIpc) is 2.14. The van der Waals surface area contributed by atoms with Crippen LogP contribution in [0.5, 0.6) is 0 Å². The van der Waals surface area contributed by atoms with E-state index in [1.165, 1.54) is 0 Å². The normalized spacial score (nSPS) is 15.4. The second-order valence-electron chi connectivity index (χ2n) is 3.94. The van der Waals surface area contributed by atoms with Gasteiger partial charge in [0.1, 0.15) is 17.2 Å². The third-order valence-electron chi connectivity index (χ3n) is 2.63. The van der Waals surface area contributed by atoms with E-state index < -0.39 is 17.2 Å². The highest BCUT2D eigenvalue weighted by Gasteiger charge is 2.32. The Bertz CT molecular complexity index is 334. The van der Waals surface area contributed by atoms with Gasteiger partial charge in [-0.05, 0) is 23.6 Å². The largest absolute Gasteiger partial charge is 0.384 e. The standard InChI is InChI=1S/C11H15F2NO/c1-7(2)11(15,6-14)8-3-9(12)5-10(13)4-8/h3-5,7,15H,6,14H2,1-2H3. The van der Waals surface area contributed by atoms with Crippen LogP contribution in [0.3, 0.4) is 0 Å². The molecule has 15 heavy (non-hydrogen) atoms. The molecule has 0 saturated carbocycles. The van der Waals surface area contributed by atoms with Gasteiger partial charge in [-0.3, -0.25) is 0 Å². The average molecular weight is 215 g/mol. The topological polar surface area (TPSA) is 46.2 Å². The van der Waals surface area contributed by atoms with Crippen LogP contribution in [0.25, 0.3) is 0 Å². The Morgan fingerprint density at radius 2 is 1.73 bits per heavy atom. The summed E-state index contributed by atoms with van der Waals surface area (Å²) in [5, 5.41) is 10.2. The van der Waals surface area contributed by atoms with Gasteiger partial charge < -0.3 is 10.8 Å². The van der Waals surface area contributed by atoms with Crippen molar-refractivity contribution in [2.75, 3.05) is 6.54 Å². The van der Waals surface area contributed by atoms with Crippen molar-refractivity contribution in [2.24, 2.45) is 11.7 Å². The van der Waals surface area contributed by atoms with Crippen molar-refractivity contribution < 1.29 is 13.9 Å². The van der Waals surface area contributed by atoms with Gasteiger partial charge in [-0.25, -0.2) is 8.78 Å². The van der Waals surface area contributed by atoms with Crippen LogP contribution in [0.2, 0.25) is 0 Å². The van der Waals surface area contributed by atoms with Gasteiger partial charge in [0.05, 0.1) is 0 Å². The lowest BCUT2D eigenvalue weighted by Gasteiger charge is -2.31. The molecule has 1 aromatic carbocycles. The summed E-state index contributed by atoms with van der Waals surface area (Å²) in [6.07, 6.45) is 0. The highest BCUT2D eigenvalue weighted by atomic mass is 19.1. The maximum absolute atomic E-state index is 13.0. The van der Waals surface area contributed by atoms with E-state index in [2.05, 4.69) is 0 Å². The van der Waals surface area contributed by atoms with Crippen molar-refractivity contribution in [1.82, 2.24) is 0 Å².